The first kappa shape index (κ1) is 15.8. The molecule has 0 amide bonds. The van der Waals surface area contributed by atoms with Crippen molar-refractivity contribution in [1.82, 2.24) is 9.88 Å². The second-order valence-corrected chi connectivity index (χ2v) is 5.56. The number of aromatic nitrogens is 1. The molecule has 0 radical (unpaired) electrons. The predicted molar refractivity (Wildman–Crippen MR) is 89.7 cm³/mol. The Labute approximate surface area is 132 Å². The molecule has 3 nitrogen and oxygen atoms in total. The van der Waals surface area contributed by atoms with Crippen molar-refractivity contribution in [1.29, 1.82) is 0 Å². The molecule has 1 N–H and O–H groups in total. The van der Waals surface area contributed by atoms with Gasteiger partial charge in [-0.15, -0.1) is 0 Å². The molecule has 1 aromatic carbocycles. The fraction of sp³-hybridized carbons (Fsp3) is 0.353. The van der Waals surface area contributed by atoms with Crippen LogP contribution in [0.3, 0.4) is 0 Å². The molecule has 0 fully saturated rings. The molecule has 1 heterocycles. The molecule has 1 aromatic heterocycles. The zero-order chi connectivity index (χ0) is 15.2. The van der Waals surface area contributed by atoms with Gasteiger partial charge in [0.2, 0.25) is 0 Å². The summed E-state index contributed by atoms with van der Waals surface area (Å²) in [6, 6.07) is 14.3. The van der Waals surface area contributed by atoms with Gasteiger partial charge in [0.25, 0.3) is 0 Å². The Bertz CT molecular complexity index is 586. The predicted octanol–water partition coefficient (Wildman–Crippen LogP) is 4.36. The molecule has 1 atom stereocenters. The second kappa shape index (κ2) is 7.43. The Morgan fingerprint density at radius 2 is 1.95 bits per heavy atom. The summed E-state index contributed by atoms with van der Waals surface area (Å²) in [6.45, 7) is 5.89. The maximum Gasteiger partial charge on any atom is 0.126 e. The number of benzene rings is 1. The van der Waals surface area contributed by atoms with E-state index in [2.05, 4.69) is 48.2 Å². The molecule has 1 unspecified atom stereocenters. The summed E-state index contributed by atoms with van der Waals surface area (Å²) in [5.74, 6) is 0.925. The molecule has 21 heavy (non-hydrogen) atoms. The van der Waals surface area contributed by atoms with E-state index in [0.717, 1.165) is 35.2 Å². The second-order valence-electron chi connectivity index (χ2n) is 5.16. The van der Waals surface area contributed by atoms with Crippen molar-refractivity contribution < 1.29 is 0 Å². The lowest BCUT2D eigenvalue weighted by atomic mass is 10.1. The van der Waals surface area contributed by atoms with Gasteiger partial charge in [-0.25, -0.2) is 4.98 Å². The van der Waals surface area contributed by atoms with Crippen LogP contribution in [0.1, 0.15) is 31.1 Å². The van der Waals surface area contributed by atoms with E-state index in [1.165, 1.54) is 0 Å². The van der Waals surface area contributed by atoms with E-state index < -0.39 is 0 Å². The fourth-order valence-electron chi connectivity index (χ4n) is 2.29. The number of halogens is 1. The Hall–Kier alpha value is -1.58. The van der Waals surface area contributed by atoms with Crippen LogP contribution >= 0.6 is 11.6 Å². The van der Waals surface area contributed by atoms with Crippen molar-refractivity contribution in [3.63, 3.8) is 0 Å². The summed E-state index contributed by atoms with van der Waals surface area (Å²) < 4.78 is 0. The van der Waals surface area contributed by atoms with Gasteiger partial charge in [-0.1, -0.05) is 35.9 Å². The van der Waals surface area contributed by atoms with E-state index in [9.17, 15) is 0 Å². The van der Waals surface area contributed by atoms with Crippen LogP contribution in [0, 0.1) is 0 Å². The van der Waals surface area contributed by atoms with Gasteiger partial charge in [0, 0.05) is 24.2 Å². The van der Waals surface area contributed by atoms with Gasteiger partial charge in [0.1, 0.15) is 5.82 Å². The van der Waals surface area contributed by atoms with Gasteiger partial charge in [0.05, 0.1) is 5.69 Å². The normalized spacial score (nSPS) is 12.4. The maximum atomic E-state index is 6.28. The summed E-state index contributed by atoms with van der Waals surface area (Å²) in [6.07, 6.45) is 0. The molecule has 0 bridgehead atoms. The Kier molecular flexibility index (Phi) is 5.59. The number of nitrogens with zero attached hydrogens (tertiary/aromatic N) is 2. The van der Waals surface area contributed by atoms with Gasteiger partial charge in [-0.05, 0) is 44.7 Å². The largest absolute Gasteiger partial charge is 0.370 e. The van der Waals surface area contributed by atoms with Gasteiger partial charge < -0.3 is 5.32 Å². The van der Waals surface area contributed by atoms with E-state index in [1.54, 1.807) is 0 Å². The number of nitrogens with one attached hydrogen (secondary N) is 1. The SMILES string of the molecule is CCNc1cccc(CN(C)C(C)c2ccccc2Cl)n1. The van der Waals surface area contributed by atoms with E-state index in [-0.39, 0.29) is 6.04 Å². The first-order valence-electron chi connectivity index (χ1n) is 7.26. The molecule has 2 rings (SSSR count). The average molecular weight is 304 g/mol. The molecule has 4 heteroatoms. The van der Waals surface area contributed by atoms with Crippen LogP contribution < -0.4 is 5.32 Å². The topological polar surface area (TPSA) is 28.2 Å². The summed E-state index contributed by atoms with van der Waals surface area (Å²) >= 11 is 6.28. The van der Waals surface area contributed by atoms with E-state index in [4.69, 9.17) is 11.6 Å². The summed E-state index contributed by atoms with van der Waals surface area (Å²) in [5, 5.41) is 4.05. The van der Waals surface area contributed by atoms with Crippen LogP contribution in [0.25, 0.3) is 0 Å². The van der Waals surface area contributed by atoms with E-state index >= 15 is 0 Å². The molecule has 0 saturated carbocycles. The summed E-state index contributed by atoms with van der Waals surface area (Å²) in [5.41, 5.74) is 2.19. The van der Waals surface area contributed by atoms with Crippen molar-refractivity contribution in [3.05, 3.63) is 58.7 Å². The quantitative estimate of drug-likeness (QED) is 0.859. The number of hydrogen-bond acceptors (Lipinski definition) is 3. The highest BCUT2D eigenvalue weighted by molar-refractivity contribution is 6.31. The molecular weight excluding hydrogens is 282 g/mol. The van der Waals surface area contributed by atoms with Crippen molar-refractivity contribution >= 4 is 17.4 Å². The molecule has 112 valence electrons. The van der Waals surface area contributed by atoms with Crippen molar-refractivity contribution in [3.8, 4) is 0 Å². The molecule has 2 aromatic rings. The lowest BCUT2D eigenvalue weighted by Crippen LogP contribution is -2.22. The average Bonchev–Trinajstić information content (AvgIpc) is 2.48. The Balaban J connectivity index is 2.09. The summed E-state index contributed by atoms with van der Waals surface area (Å²) in [7, 11) is 2.09. The molecular formula is C17H22ClN3. The summed E-state index contributed by atoms with van der Waals surface area (Å²) in [4.78, 5) is 6.86. The van der Waals surface area contributed by atoms with Crippen LogP contribution in [-0.4, -0.2) is 23.5 Å². The fourth-order valence-corrected chi connectivity index (χ4v) is 2.58. The van der Waals surface area contributed by atoms with Crippen molar-refractivity contribution in [2.75, 3.05) is 18.9 Å². The van der Waals surface area contributed by atoms with Crippen molar-refractivity contribution in [2.24, 2.45) is 0 Å². The molecule has 0 aliphatic carbocycles. The third-order valence-electron chi connectivity index (χ3n) is 3.59. The Morgan fingerprint density at radius 1 is 1.19 bits per heavy atom. The van der Waals surface area contributed by atoms with Gasteiger partial charge >= 0.3 is 0 Å². The minimum absolute atomic E-state index is 0.239. The third kappa shape index (κ3) is 4.19. The number of anilines is 1. The van der Waals surface area contributed by atoms with Crippen LogP contribution in [0.4, 0.5) is 5.82 Å². The lowest BCUT2D eigenvalue weighted by Gasteiger charge is -2.25. The standard InChI is InChI=1S/C17H22ClN3/c1-4-19-17-11-7-8-14(20-17)12-21(3)13(2)15-9-5-6-10-16(15)18/h5-11,13H,4,12H2,1-3H3,(H,19,20). The van der Waals surface area contributed by atoms with Gasteiger partial charge in [0.15, 0.2) is 0 Å². The molecule has 0 aliphatic heterocycles. The van der Waals surface area contributed by atoms with E-state index in [0.29, 0.717) is 0 Å². The smallest absolute Gasteiger partial charge is 0.126 e. The monoisotopic (exact) mass is 303 g/mol. The first-order chi connectivity index (χ1) is 10.1. The highest BCUT2D eigenvalue weighted by Gasteiger charge is 2.15. The van der Waals surface area contributed by atoms with Crippen LogP contribution in [0.5, 0.6) is 0 Å². The molecule has 0 spiro atoms. The van der Waals surface area contributed by atoms with Gasteiger partial charge in [-0.3, -0.25) is 4.90 Å². The molecule has 0 saturated heterocycles. The zero-order valence-electron chi connectivity index (χ0n) is 12.8. The number of hydrogen-bond donors (Lipinski definition) is 1. The third-order valence-corrected chi connectivity index (χ3v) is 3.94. The van der Waals surface area contributed by atoms with Gasteiger partial charge in [-0.2, -0.15) is 0 Å². The zero-order valence-corrected chi connectivity index (χ0v) is 13.6. The van der Waals surface area contributed by atoms with Crippen molar-refractivity contribution in [2.45, 2.75) is 26.4 Å². The highest BCUT2D eigenvalue weighted by atomic mass is 35.5. The lowest BCUT2D eigenvalue weighted by molar-refractivity contribution is 0.250. The van der Waals surface area contributed by atoms with Crippen LogP contribution in [0.15, 0.2) is 42.5 Å². The maximum absolute atomic E-state index is 6.28. The van der Waals surface area contributed by atoms with E-state index in [1.807, 2.05) is 30.3 Å². The number of rotatable bonds is 6. The van der Waals surface area contributed by atoms with Crippen LogP contribution in [-0.2, 0) is 6.54 Å². The first-order valence-corrected chi connectivity index (χ1v) is 7.64. The highest BCUT2D eigenvalue weighted by Crippen LogP contribution is 2.27. The minimum Gasteiger partial charge on any atom is -0.370 e. The number of pyridine rings is 1. The Morgan fingerprint density at radius 3 is 2.67 bits per heavy atom. The molecule has 0 aliphatic rings. The minimum atomic E-state index is 0.239. The van der Waals surface area contributed by atoms with Crippen LogP contribution in [0.2, 0.25) is 5.02 Å².